The zero-order valence-corrected chi connectivity index (χ0v) is 13.3. The molecule has 116 valence electrons. The third-order valence-corrected chi connectivity index (χ3v) is 5.07. The number of hydrogen-bond donors (Lipinski definition) is 1. The number of benzene rings is 1. The van der Waals surface area contributed by atoms with Gasteiger partial charge in [-0.1, -0.05) is 30.9 Å². The molecular weight excluding hydrogens is 262 g/mol. The predicted molar refractivity (Wildman–Crippen MR) is 84.8 cm³/mol. The molecular formula is C18H27NO2. The largest absolute Gasteiger partial charge is 0.496 e. The van der Waals surface area contributed by atoms with Gasteiger partial charge in [-0.15, -0.1) is 0 Å². The Labute approximate surface area is 128 Å². The Kier molecular flexibility index (Phi) is 4.51. The second-order valence-corrected chi connectivity index (χ2v) is 6.74. The summed E-state index contributed by atoms with van der Waals surface area (Å²) < 4.78 is 11.9. The topological polar surface area (TPSA) is 30.5 Å². The normalized spacial score (nSPS) is 25.5. The molecule has 1 aromatic rings. The number of nitrogens with one attached hydrogen (secondary N) is 1. The van der Waals surface area contributed by atoms with Crippen molar-refractivity contribution in [2.24, 2.45) is 5.41 Å². The van der Waals surface area contributed by atoms with Crippen LogP contribution in [0.5, 0.6) is 5.75 Å². The first-order chi connectivity index (χ1) is 10.2. The molecule has 1 atom stereocenters. The highest BCUT2D eigenvalue weighted by Gasteiger charge is 2.35. The van der Waals surface area contributed by atoms with E-state index in [-0.39, 0.29) is 6.10 Å². The smallest absolute Gasteiger partial charge is 0.124 e. The van der Waals surface area contributed by atoms with Gasteiger partial charge in [-0.05, 0) is 31.9 Å². The maximum atomic E-state index is 6.34. The third-order valence-electron chi connectivity index (χ3n) is 5.07. The molecule has 1 saturated heterocycles. The van der Waals surface area contributed by atoms with Crippen LogP contribution >= 0.6 is 0 Å². The molecule has 0 amide bonds. The maximum Gasteiger partial charge on any atom is 0.124 e. The molecule has 1 heterocycles. The lowest BCUT2D eigenvalue weighted by Gasteiger charge is -2.35. The summed E-state index contributed by atoms with van der Waals surface area (Å²) in [6.45, 7) is 4.97. The lowest BCUT2D eigenvalue weighted by Crippen LogP contribution is -2.37. The van der Waals surface area contributed by atoms with Gasteiger partial charge in [0.25, 0.3) is 0 Å². The highest BCUT2D eigenvalue weighted by Crippen LogP contribution is 2.39. The average molecular weight is 289 g/mol. The van der Waals surface area contributed by atoms with Gasteiger partial charge in [-0.3, -0.25) is 0 Å². The minimum absolute atomic E-state index is 0.0983. The van der Waals surface area contributed by atoms with Gasteiger partial charge in [-0.2, -0.15) is 0 Å². The van der Waals surface area contributed by atoms with E-state index in [1.807, 2.05) is 0 Å². The Bertz CT molecular complexity index is 480. The van der Waals surface area contributed by atoms with Crippen molar-refractivity contribution in [3.63, 3.8) is 0 Å². The number of methoxy groups -OCH3 is 1. The van der Waals surface area contributed by atoms with Gasteiger partial charge in [0.15, 0.2) is 0 Å². The van der Waals surface area contributed by atoms with Gasteiger partial charge in [0, 0.05) is 24.1 Å². The maximum absolute atomic E-state index is 6.34. The quantitative estimate of drug-likeness (QED) is 0.902. The van der Waals surface area contributed by atoms with Gasteiger partial charge in [0.05, 0.1) is 19.8 Å². The second kappa shape index (κ2) is 6.37. The lowest BCUT2D eigenvalue weighted by molar-refractivity contribution is -0.00225. The van der Waals surface area contributed by atoms with E-state index in [1.165, 1.54) is 43.2 Å². The highest BCUT2D eigenvalue weighted by atomic mass is 16.5. The molecule has 1 unspecified atom stereocenters. The molecule has 1 spiro atoms. The highest BCUT2D eigenvalue weighted by molar-refractivity contribution is 5.38. The number of aryl methyl sites for hydroxylation is 1. The number of rotatable bonds is 2. The molecule has 3 nitrogen and oxygen atoms in total. The van der Waals surface area contributed by atoms with Crippen LogP contribution in [0.15, 0.2) is 18.2 Å². The van der Waals surface area contributed by atoms with E-state index in [9.17, 15) is 0 Å². The van der Waals surface area contributed by atoms with Gasteiger partial charge in [0.2, 0.25) is 0 Å². The molecule has 0 bridgehead atoms. The van der Waals surface area contributed by atoms with Crippen LogP contribution in [0.4, 0.5) is 0 Å². The minimum Gasteiger partial charge on any atom is -0.496 e. The van der Waals surface area contributed by atoms with Gasteiger partial charge < -0.3 is 14.8 Å². The van der Waals surface area contributed by atoms with Crippen molar-refractivity contribution in [3.05, 3.63) is 29.3 Å². The predicted octanol–water partition coefficient (Wildman–Crippen LogP) is 3.62. The molecule has 3 rings (SSSR count). The molecule has 2 fully saturated rings. The average Bonchev–Trinajstić information content (AvgIpc) is 2.71. The van der Waals surface area contributed by atoms with Crippen LogP contribution in [0.1, 0.15) is 49.3 Å². The summed E-state index contributed by atoms with van der Waals surface area (Å²) in [4.78, 5) is 0. The number of hydrogen-bond acceptors (Lipinski definition) is 3. The van der Waals surface area contributed by atoms with Crippen molar-refractivity contribution >= 4 is 0 Å². The van der Waals surface area contributed by atoms with Crippen LogP contribution in [0, 0.1) is 12.3 Å². The fourth-order valence-corrected chi connectivity index (χ4v) is 3.78. The van der Waals surface area contributed by atoms with Crippen LogP contribution in [0.3, 0.4) is 0 Å². The summed E-state index contributed by atoms with van der Waals surface area (Å²) in [5.74, 6) is 0.937. The Balaban J connectivity index is 1.77. The fraction of sp³-hybridized carbons (Fsp3) is 0.667. The third kappa shape index (κ3) is 3.24. The van der Waals surface area contributed by atoms with E-state index in [0.29, 0.717) is 5.41 Å². The monoisotopic (exact) mass is 289 g/mol. The Morgan fingerprint density at radius 2 is 2.05 bits per heavy atom. The van der Waals surface area contributed by atoms with E-state index in [0.717, 1.165) is 25.4 Å². The summed E-state index contributed by atoms with van der Waals surface area (Å²) >= 11 is 0. The van der Waals surface area contributed by atoms with E-state index in [1.54, 1.807) is 7.11 Å². The molecule has 0 radical (unpaired) electrons. The summed E-state index contributed by atoms with van der Waals surface area (Å²) in [5.41, 5.74) is 2.80. The molecule has 2 aliphatic rings. The lowest BCUT2D eigenvalue weighted by atomic mass is 9.74. The zero-order chi connectivity index (χ0) is 14.7. The standard InChI is InChI=1S/C18H27NO2/c1-14-6-7-16(20-2)15(10-14)17-11-19-12-18(13-21-17)8-4-3-5-9-18/h6-7,10,17,19H,3-5,8-9,11-13H2,1-2H3. The molecule has 1 aliphatic heterocycles. The molecule has 3 heteroatoms. The molecule has 21 heavy (non-hydrogen) atoms. The molecule has 1 saturated carbocycles. The first-order valence-electron chi connectivity index (χ1n) is 8.19. The molecule has 0 aromatic heterocycles. The fourth-order valence-electron chi connectivity index (χ4n) is 3.78. The molecule has 1 aromatic carbocycles. The van der Waals surface area contributed by atoms with Gasteiger partial charge in [0.1, 0.15) is 5.75 Å². The van der Waals surface area contributed by atoms with E-state index >= 15 is 0 Å². The van der Waals surface area contributed by atoms with Crippen molar-refractivity contribution in [2.75, 3.05) is 26.8 Å². The van der Waals surface area contributed by atoms with Crippen molar-refractivity contribution in [3.8, 4) is 5.75 Å². The summed E-state index contributed by atoms with van der Waals surface area (Å²) in [7, 11) is 1.74. The van der Waals surface area contributed by atoms with Crippen molar-refractivity contribution < 1.29 is 9.47 Å². The van der Waals surface area contributed by atoms with Crippen LogP contribution < -0.4 is 10.1 Å². The minimum atomic E-state index is 0.0983. The van der Waals surface area contributed by atoms with Crippen LogP contribution in [-0.2, 0) is 4.74 Å². The zero-order valence-electron chi connectivity index (χ0n) is 13.3. The Morgan fingerprint density at radius 3 is 2.81 bits per heavy atom. The van der Waals surface area contributed by atoms with Gasteiger partial charge >= 0.3 is 0 Å². The summed E-state index contributed by atoms with van der Waals surface area (Å²) in [6, 6.07) is 6.34. The summed E-state index contributed by atoms with van der Waals surface area (Å²) in [5, 5.41) is 3.65. The SMILES string of the molecule is COc1ccc(C)cc1C1CNCC2(CCCCC2)CO1. The first-order valence-corrected chi connectivity index (χ1v) is 8.19. The van der Waals surface area contributed by atoms with Gasteiger partial charge in [-0.25, -0.2) is 0 Å². The van der Waals surface area contributed by atoms with Crippen LogP contribution in [0.2, 0.25) is 0 Å². The van der Waals surface area contributed by atoms with Crippen molar-refractivity contribution in [2.45, 2.75) is 45.1 Å². The van der Waals surface area contributed by atoms with E-state index < -0.39 is 0 Å². The Morgan fingerprint density at radius 1 is 1.24 bits per heavy atom. The number of ether oxygens (including phenoxy) is 2. The van der Waals surface area contributed by atoms with E-state index in [4.69, 9.17) is 9.47 Å². The van der Waals surface area contributed by atoms with E-state index in [2.05, 4.69) is 30.4 Å². The Hall–Kier alpha value is -1.06. The second-order valence-electron chi connectivity index (χ2n) is 6.74. The van der Waals surface area contributed by atoms with Crippen LogP contribution in [0.25, 0.3) is 0 Å². The molecule has 1 N–H and O–H groups in total. The summed E-state index contributed by atoms with van der Waals surface area (Å²) in [6.07, 6.45) is 6.79. The molecule has 1 aliphatic carbocycles. The first kappa shape index (κ1) is 14.9. The van der Waals surface area contributed by atoms with Crippen molar-refractivity contribution in [1.82, 2.24) is 5.32 Å². The van der Waals surface area contributed by atoms with Crippen molar-refractivity contribution in [1.29, 1.82) is 0 Å². The van der Waals surface area contributed by atoms with Crippen LogP contribution in [-0.4, -0.2) is 26.8 Å².